The quantitative estimate of drug-likeness (QED) is 0.0773. The van der Waals surface area contributed by atoms with Gasteiger partial charge in [0.05, 0.1) is 26.4 Å². The summed E-state index contributed by atoms with van der Waals surface area (Å²) in [6.45, 7) is 3.00. The van der Waals surface area contributed by atoms with Crippen LogP contribution >= 0.6 is 0 Å². The number of methoxy groups -OCH3 is 1. The Kier molecular flexibility index (Phi) is 23.0. The van der Waals surface area contributed by atoms with E-state index in [1.807, 2.05) is 0 Å². The Balaban J connectivity index is 1.05. The number of aromatic nitrogens is 4. The molecule has 28 nitrogen and oxygen atoms in total. The van der Waals surface area contributed by atoms with Gasteiger partial charge in [-0.2, -0.15) is 0 Å². The lowest BCUT2D eigenvalue weighted by molar-refractivity contribution is -0.147. The van der Waals surface area contributed by atoms with E-state index in [0.717, 1.165) is 0 Å². The number of halogens is 2. The van der Waals surface area contributed by atoms with Crippen molar-refractivity contribution >= 4 is 86.8 Å². The van der Waals surface area contributed by atoms with Crippen LogP contribution in [0.4, 0.5) is 8.78 Å². The Morgan fingerprint density at radius 1 is 0.670 bits per heavy atom. The van der Waals surface area contributed by atoms with Crippen LogP contribution in [0.5, 0.6) is 11.5 Å². The third kappa shape index (κ3) is 18.4. The molecule has 3 aliphatic heterocycles. The van der Waals surface area contributed by atoms with Crippen molar-refractivity contribution in [1.82, 2.24) is 67.4 Å². The van der Waals surface area contributed by atoms with E-state index in [2.05, 4.69) is 62.5 Å². The number of fused-ring (bicyclic) bond motifs is 33. The predicted octanol–water partition coefficient (Wildman–Crippen LogP) is 1.61. The maximum absolute atomic E-state index is 15.2. The molecule has 14 N–H and O–H groups in total. The zero-order valence-electron chi connectivity index (χ0n) is 53.3. The van der Waals surface area contributed by atoms with Crippen molar-refractivity contribution in [3.8, 4) is 11.5 Å². The number of imidazole rings is 1. The second-order valence-corrected chi connectivity index (χ2v) is 24.1. The molecule has 512 valence electrons. The summed E-state index contributed by atoms with van der Waals surface area (Å²) in [5, 5.41) is 31.9. The number of rotatable bonds is 12. The summed E-state index contributed by atoms with van der Waals surface area (Å²) >= 11 is 0. The van der Waals surface area contributed by atoms with Crippen LogP contribution in [0.3, 0.4) is 0 Å². The number of aliphatic carboxylic acids is 1. The normalized spacial score (nSPS) is 22.9. The predicted molar refractivity (Wildman–Crippen MR) is 345 cm³/mol. The first-order valence-corrected chi connectivity index (χ1v) is 31.5. The number of carboxylic acids is 1. The number of ether oxygens (including phenoxy) is 2. The summed E-state index contributed by atoms with van der Waals surface area (Å²) in [5.74, 6) is -10.7. The molecule has 0 radical (unpaired) electrons. The molecule has 6 heterocycles. The maximum Gasteiger partial charge on any atom is 0.305 e. The number of carboxylic acid groups (broad SMARTS) is 1. The fourth-order valence-electron chi connectivity index (χ4n) is 11.8. The van der Waals surface area contributed by atoms with Crippen molar-refractivity contribution < 1.29 is 76.1 Å². The molecule has 3 aromatic heterocycles. The largest absolute Gasteiger partial charge is 0.497 e. The smallest absolute Gasteiger partial charge is 0.305 e. The molecule has 97 heavy (non-hydrogen) atoms. The minimum absolute atomic E-state index is 0.0198. The van der Waals surface area contributed by atoms with E-state index in [1.54, 1.807) is 48.5 Å². The van der Waals surface area contributed by atoms with Crippen LogP contribution in [0.25, 0.3) is 21.8 Å². The zero-order chi connectivity index (χ0) is 69.5. The lowest BCUT2D eigenvalue weighted by atomic mass is 9.94. The van der Waals surface area contributed by atoms with E-state index in [9.17, 15) is 52.2 Å². The third-order valence-electron chi connectivity index (χ3n) is 17.1. The molecule has 10 rings (SSSR count). The van der Waals surface area contributed by atoms with Gasteiger partial charge in [0.1, 0.15) is 77.6 Å². The van der Waals surface area contributed by atoms with Crippen LogP contribution in [-0.2, 0) is 84.8 Å². The number of nitrogens with one attached hydrogen (secondary N) is 11. The molecule has 30 heteroatoms. The van der Waals surface area contributed by atoms with Gasteiger partial charge in [-0.25, -0.2) is 13.8 Å². The monoisotopic (exact) mass is 1340 g/mol. The molecule has 4 aromatic carbocycles. The fraction of sp³-hybridized carbons (Fsp3) is 0.373. The molecule has 7 aromatic rings. The Hall–Kier alpha value is -11.2. The topological polar surface area (TPSA) is 412 Å². The van der Waals surface area contributed by atoms with Crippen molar-refractivity contribution in [2.24, 2.45) is 5.73 Å². The van der Waals surface area contributed by atoms with Gasteiger partial charge in [-0.05, 0) is 116 Å². The number of benzene rings is 4. The van der Waals surface area contributed by atoms with Crippen molar-refractivity contribution in [3.63, 3.8) is 0 Å². The Bertz CT molecular complexity index is 4050. The van der Waals surface area contributed by atoms with Gasteiger partial charge in [0, 0.05) is 97.6 Å². The number of H-pyrrole nitrogens is 3. The van der Waals surface area contributed by atoms with Gasteiger partial charge in [0.25, 0.3) is 0 Å². The summed E-state index contributed by atoms with van der Waals surface area (Å²) < 4.78 is 40.9. The third-order valence-corrected chi connectivity index (χ3v) is 17.1. The Morgan fingerprint density at radius 3 is 1.81 bits per heavy atom. The van der Waals surface area contributed by atoms with Crippen LogP contribution in [0.2, 0.25) is 0 Å². The molecule has 0 unspecified atom stereocenters. The molecule has 0 spiro atoms. The van der Waals surface area contributed by atoms with Gasteiger partial charge >= 0.3 is 5.97 Å². The number of nitrogens with zero attached hydrogens (tertiary/aromatic N) is 2. The van der Waals surface area contributed by atoms with Gasteiger partial charge in [-0.15, -0.1) is 0 Å². The molecule has 8 atom stereocenters. The summed E-state index contributed by atoms with van der Waals surface area (Å²) in [5.41, 5.74) is 7.06. The van der Waals surface area contributed by atoms with E-state index < -0.39 is 137 Å². The molecule has 3 aliphatic rings. The summed E-state index contributed by atoms with van der Waals surface area (Å²) in [7, 11) is 1.46. The standard InChI is InChI=1S/C67H76F2N14O14/c1-36-60(89)77-51(26-39-32-73-48-18-12-41(68)28-46(39)48)61(90)78-52(27-40-33-74-49-19-13-42(69)29-47(40)49)62(91)80-54(31-58(86)87)64(93)79-53(30-43-34-71-35-75-43)63(92)81-55(25-38-8-14-44(96-3)15-9-38)65(94)83-22-5-20-67(83,2)66(95)82-50(59(70)88)24-37-10-16-45(17-11-37)97-23-21-72-56(84)6-4-7-57(85)76-36/h8-19,28-29,32-36,50-55,73-74H,4-7,20-27,30-31H2,1-3H3,(H2,70,88)(H,71,75)(H,72,84)(H,76,85)(H,77,89)(H,78,90)(H,79,93)(H,80,91)(H,81,92)(H,82,95)(H,86,87)/t36-,50+,51+,52+,53+,54+,55+,67+/m1/s1. The number of nitrogens with two attached hydrogens (primary N) is 1. The van der Waals surface area contributed by atoms with Crippen LogP contribution < -0.4 is 57.7 Å². The van der Waals surface area contributed by atoms with Crippen LogP contribution in [-0.4, -0.2) is 170 Å². The first kappa shape index (κ1) is 70.1. The molecule has 1 fully saturated rings. The van der Waals surface area contributed by atoms with Crippen LogP contribution in [0.1, 0.15) is 80.3 Å². The lowest BCUT2D eigenvalue weighted by Gasteiger charge is -2.37. The minimum Gasteiger partial charge on any atom is -0.497 e. The SMILES string of the molecule is COc1ccc(C[C@@H]2NC(=O)[C@H](Cc3cnc[nH]3)NC(=O)[C@H](CC(=O)O)NC(=O)[C@H](Cc3c[nH]c4ccc(F)cc34)NC(=O)[C@H](Cc3c[nH]c4ccc(F)cc34)NC(=O)[C@@H](C)NC(=O)CCCC(=O)NCCOc3ccc(cc3)C[C@@H](C(N)=O)NC(=O)[C@]3(C)CCCN3C2=O)cc1. The Labute approximate surface area is 554 Å². The van der Waals surface area contributed by atoms with Crippen molar-refractivity contribution in [1.29, 1.82) is 0 Å². The maximum atomic E-state index is 15.2. The molecule has 2 bridgehead atoms. The number of carbonyl (C=O) groups is 11. The molecule has 0 saturated carbocycles. The number of primary amides is 1. The minimum atomic E-state index is -2.03. The van der Waals surface area contributed by atoms with Crippen LogP contribution in [0.15, 0.2) is 110 Å². The number of carbonyl (C=O) groups excluding carboxylic acids is 10. The van der Waals surface area contributed by atoms with Gasteiger partial charge in [-0.3, -0.25) is 52.7 Å². The average Bonchev–Trinajstić information content (AvgIpc) is 1.70. The molecule has 1 saturated heterocycles. The van der Waals surface area contributed by atoms with Crippen molar-refractivity contribution in [3.05, 3.63) is 149 Å². The van der Waals surface area contributed by atoms with Gasteiger partial charge < -0.3 is 82.7 Å². The average molecular weight is 1340 g/mol. The second-order valence-electron chi connectivity index (χ2n) is 24.1. The molecule has 10 amide bonds. The van der Waals surface area contributed by atoms with Crippen molar-refractivity contribution in [2.45, 2.75) is 132 Å². The highest BCUT2D eigenvalue weighted by atomic mass is 19.1. The lowest BCUT2D eigenvalue weighted by Crippen LogP contribution is -2.63. The molecular formula is C67H76F2N14O14. The summed E-state index contributed by atoms with van der Waals surface area (Å²) in [4.78, 5) is 170. The number of amides is 10. The first-order chi connectivity index (χ1) is 46.4. The van der Waals surface area contributed by atoms with E-state index in [1.165, 1.54) is 87.2 Å². The number of hydrogen-bond acceptors (Lipinski definition) is 14. The fourth-order valence-corrected chi connectivity index (χ4v) is 11.8. The highest BCUT2D eigenvalue weighted by Crippen LogP contribution is 2.32. The summed E-state index contributed by atoms with van der Waals surface area (Å²) in [6.07, 6.45) is 3.20. The highest BCUT2D eigenvalue weighted by Gasteiger charge is 2.49. The second kappa shape index (κ2) is 31.8. The van der Waals surface area contributed by atoms with Gasteiger partial charge in [-0.1, -0.05) is 24.3 Å². The van der Waals surface area contributed by atoms with E-state index in [0.29, 0.717) is 51.0 Å². The number of hydrogen-bond donors (Lipinski definition) is 13. The van der Waals surface area contributed by atoms with Gasteiger partial charge in [0.15, 0.2) is 0 Å². The van der Waals surface area contributed by atoms with Crippen molar-refractivity contribution in [2.75, 3.05) is 26.8 Å². The van der Waals surface area contributed by atoms with E-state index in [-0.39, 0.29) is 87.7 Å². The molecule has 0 aliphatic carbocycles. The Morgan fingerprint density at radius 2 is 1.24 bits per heavy atom. The first-order valence-electron chi connectivity index (χ1n) is 31.5. The van der Waals surface area contributed by atoms with E-state index >= 15 is 14.4 Å². The van der Waals surface area contributed by atoms with E-state index in [4.69, 9.17) is 15.2 Å². The van der Waals surface area contributed by atoms with Crippen LogP contribution in [0, 0.1) is 11.6 Å². The number of aromatic amines is 3. The van der Waals surface area contributed by atoms with Gasteiger partial charge in [0.2, 0.25) is 59.1 Å². The highest BCUT2D eigenvalue weighted by molar-refractivity contribution is 6.00. The zero-order valence-corrected chi connectivity index (χ0v) is 53.3. The summed E-state index contributed by atoms with van der Waals surface area (Å²) in [6, 6.07) is 9.58. The molecular weight excluding hydrogens is 1260 g/mol.